The van der Waals surface area contributed by atoms with Crippen molar-refractivity contribution in [3.63, 3.8) is 0 Å². The molecule has 1 unspecified atom stereocenters. The molecule has 0 aromatic heterocycles. The summed E-state index contributed by atoms with van der Waals surface area (Å²) < 4.78 is 5.04. The molecule has 0 aliphatic rings. The van der Waals surface area contributed by atoms with Gasteiger partial charge in [-0.2, -0.15) is 0 Å². The average molecular weight is 267 g/mol. The first-order valence-electron chi connectivity index (χ1n) is 5.75. The van der Waals surface area contributed by atoms with Crippen molar-refractivity contribution in [1.29, 1.82) is 0 Å². The molecule has 3 N–H and O–H groups in total. The Balaban J connectivity index is 3.01. The first-order valence-corrected chi connectivity index (χ1v) is 5.75. The van der Waals surface area contributed by atoms with Crippen molar-refractivity contribution >= 4 is 17.3 Å². The Morgan fingerprint density at radius 2 is 2.11 bits per heavy atom. The van der Waals surface area contributed by atoms with Gasteiger partial charge in [0.15, 0.2) is 0 Å². The van der Waals surface area contributed by atoms with Gasteiger partial charge in [0.1, 0.15) is 5.75 Å². The Bertz CT molecular complexity index is 488. The van der Waals surface area contributed by atoms with Gasteiger partial charge < -0.3 is 15.8 Å². The summed E-state index contributed by atoms with van der Waals surface area (Å²) in [4.78, 5) is 22.0. The number of benzene rings is 1. The van der Waals surface area contributed by atoms with Crippen molar-refractivity contribution in [3.05, 3.63) is 28.3 Å². The minimum atomic E-state index is -0.691. The number of nitro groups is 1. The van der Waals surface area contributed by atoms with Crippen LogP contribution in [0.1, 0.15) is 13.8 Å². The number of ether oxygens (including phenoxy) is 1. The zero-order valence-electron chi connectivity index (χ0n) is 11.0. The summed E-state index contributed by atoms with van der Waals surface area (Å²) in [7, 11) is 1.42. The van der Waals surface area contributed by atoms with E-state index in [-0.39, 0.29) is 17.3 Å². The van der Waals surface area contributed by atoms with Crippen LogP contribution in [0.3, 0.4) is 0 Å². The second-order valence-corrected chi connectivity index (χ2v) is 4.40. The lowest BCUT2D eigenvalue weighted by Gasteiger charge is -2.16. The summed E-state index contributed by atoms with van der Waals surface area (Å²) in [5, 5.41) is 13.3. The second-order valence-electron chi connectivity index (χ2n) is 4.40. The monoisotopic (exact) mass is 267 g/mol. The molecule has 0 saturated heterocycles. The average Bonchev–Trinajstić information content (AvgIpc) is 2.37. The van der Waals surface area contributed by atoms with Crippen LogP contribution in [-0.2, 0) is 4.79 Å². The molecule has 1 amide bonds. The number of nitro benzene ring substituents is 1. The van der Waals surface area contributed by atoms with Crippen molar-refractivity contribution in [2.24, 2.45) is 11.7 Å². The maximum absolute atomic E-state index is 11.8. The molecular formula is C12H17N3O4. The van der Waals surface area contributed by atoms with E-state index >= 15 is 0 Å². The zero-order valence-corrected chi connectivity index (χ0v) is 11.0. The van der Waals surface area contributed by atoms with E-state index in [2.05, 4.69) is 5.32 Å². The van der Waals surface area contributed by atoms with Crippen LogP contribution in [-0.4, -0.2) is 24.0 Å². The summed E-state index contributed by atoms with van der Waals surface area (Å²) in [6.07, 6.45) is 0. The summed E-state index contributed by atoms with van der Waals surface area (Å²) in [6.45, 7) is 3.63. The lowest BCUT2D eigenvalue weighted by atomic mass is 10.0. The molecule has 104 valence electrons. The fourth-order valence-electron chi connectivity index (χ4n) is 1.43. The van der Waals surface area contributed by atoms with E-state index in [0.29, 0.717) is 5.75 Å². The van der Waals surface area contributed by atoms with Crippen LogP contribution in [0.2, 0.25) is 0 Å². The van der Waals surface area contributed by atoms with Crippen LogP contribution >= 0.6 is 0 Å². The van der Waals surface area contributed by atoms with Gasteiger partial charge in [0.2, 0.25) is 5.91 Å². The lowest BCUT2D eigenvalue weighted by Crippen LogP contribution is -2.39. The number of methoxy groups -OCH3 is 1. The second kappa shape index (κ2) is 6.14. The Labute approximate surface area is 110 Å². The standard InChI is InChI=1S/C12H17N3O4/c1-7(2)11(13)12(16)14-9-6-8(15(17)18)4-5-10(9)19-3/h4-7,11H,13H2,1-3H3,(H,14,16). The summed E-state index contributed by atoms with van der Waals surface area (Å²) >= 11 is 0. The van der Waals surface area contributed by atoms with Crippen LogP contribution in [0, 0.1) is 16.0 Å². The maximum atomic E-state index is 11.8. The Kier molecular flexibility index (Phi) is 4.82. The van der Waals surface area contributed by atoms with Crippen molar-refractivity contribution in [2.45, 2.75) is 19.9 Å². The SMILES string of the molecule is COc1ccc([N+](=O)[O-])cc1NC(=O)C(N)C(C)C. The largest absolute Gasteiger partial charge is 0.495 e. The number of hydrogen-bond donors (Lipinski definition) is 2. The number of rotatable bonds is 5. The number of amides is 1. The Morgan fingerprint density at radius 3 is 2.58 bits per heavy atom. The van der Waals surface area contributed by atoms with Crippen LogP contribution in [0.15, 0.2) is 18.2 Å². The third-order valence-electron chi connectivity index (χ3n) is 2.67. The zero-order chi connectivity index (χ0) is 14.6. The summed E-state index contributed by atoms with van der Waals surface area (Å²) in [6, 6.07) is 3.28. The number of hydrogen-bond acceptors (Lipinski definition) is 5. The molecule has 1 atom stereocenters. The van der Waals surface area contributed by atoms with Crippen molar-refractivity contribution in [2.75, 3.05) is 12.4 Å². The molecule has 0 aliphatic heterocycles. The molecular weight excluding hydrogens is 250 g/mol. The molecule has 0 spiro atoms. The number of nitrogens with one attached hydrogen (secondary N) is 1. The molecule has 1 rings (SSSR count). The van der Waals surface area contributed by atoms with Crippen molar-refractivity contribution in [1.82, 2.24) is 0 Å². The van der Waals surface area contributed by atoms with Crippen molar-refractivity contribution in [3.8, 4) is 5.75 Å². The maximum Gasteiger partial charge on any atom is 0.271 e. The first kappa shape index (κ1) is 14.9. The number of nitrogens with two attached hydrogens (primary N) is 1. The van der Waals surface area contributed by atoms with E-state index in [1.807, 2.05) is 13.8 Å². The highest BCUT2D eigenvalue weighted by atomic mass is 16.6. The van der Waals surface area contributed by atoms with Gasteiger partial charge in [0.25, 0.3) is 5.69 Å². The van der Waals surface area contributed by atoms with Crippen molar-refractivity contribution < 1.29 is 14.5 Å². The lowest BCUT2D eigenvalue weighted by molar-refractivity contribution is -0.384. The number of anilines is 1. The smallest absolute Gasteiger partial charge is 0.271 e. The normalized spacial score (nSPS) is 12.1. The molecule has 7 nitrogen and oxygen atoms in total. The fraction of sp³-hybridized carbons (Fsp3) is 0.417. The predicted molar refractivity (Wildman–Crippen MR) is 71.1 cm³/mol. The van der Waals surface area contributed by atoms with Gasteiger partial charge in [-0.05, 0) is 12.0 Å². The minimum absolute atomic E-state index is 0.0373. The quantitative estimate of drug-likeness (QED) is 0.621. The number of carbonyl (C=O) groups excluding carboxylic acids is 1. The molecule has 0 bridgehead atoms. The Hall–Kier alpha value is -2.15. The topological polar surface area (TPSA) is 107 Å². The van der Waals surface area contributed by atoms with Crippen LogP contribution in [0.4, 0.5) is 11.4 Å². The number of non-ortho nitro benzene ring substituents is 1. The van der Waals surface area contributed by atoms with Gasteiger partial charge in [-0.15, -0.1) is 0 Å². The van der Waals surface area contributed by atoms with E-state index in [0.717, 1.165) is 0 Å². The molecule has 0 saturated carbocycles. The van der Waals surface area contributed by atoms with Gasteiger partial charge >= 0.3 is 0 Å². The number of nitrogens with zero attached hydrogens (tertiary/aromatic N) is 1. The minimum Gasteiger partial charge on any atom is -0.495 e. The van der Waals surface area contributed by atoms with E-state index in [1.54, 1.807) is 0 Å². The van der Waals surface area contributed by atoms with Crippen LogP contribution in [0.25, 0.3) is 0 Å². The molecule has 0 heterocycles. The number of carbonyl (C=O) groups is 1. The van der Waals surface area contributed by atoms with E-state index in [4.69, 9.17) is 10.5 Å². The summed E-state index contributed by atoms with van der Waals surface area (Å²) in [5.74, 6) is -0.103. The molecule has 19 heavy (non-hydrogen) atoms. The first-order chi connectivity index (χ1) is 8.86. The summed E-state index contributed by atoms with van der Waals surface area (Å²) in [5.41, 5.74) is 5.81. The van der Waals surface area contributed by atoms with Gasteiger partial charge in [-0.3, -0.25) is 14.9 Å². The van der Waals surface area contributed by atoms with Gasteiger partial charge in [0.05, 0.1) is 23.8 Å². The van der Waals surface area contributed by atoms with Gasteiger partial charge in [-0.1, -0.05) is 13.8 Å². The van der Waals surface area contributed by atoms with E-state index in [1.165, 1.54) is 25.3 Å². The fourth-order valence-corrected chi connectivity index (χ4v) is 1.43. The van der Waals surface area contributed by atoms with Gasteiger partial charge in [0, 0.05) is 12.1 Å². The van der Waals surface area contributed by atoms with E-state index in [9.17, 15) is 14.9 Å². The molecule has 0 aliphatic carbocycles. The molecule has 0 fully saturated rings. The highest BCUT2D eigenvalue weighted by Gasteiger charge is 2.20. The molecule has 1 aromatic carbocycles. The highest BCUT2D eigenvalue weighted by molar-refractivity contribution is 5.96. The molecule has 0 radical (unpaired) electrons. The van der Waals surface area contributed by atoms with Gasteiger partial charge in [-0.25, -0.2) is 0 Å². The predicted octanol–water partition coefficient (Wildman–Crippen LogP) is 1.53. The third kappa shape index (κ3) is 3.65. The third-order valence-corrected chi connectivity index (χ3v) is 2.67. The molecule has 7 heteroatoms. The molecule has 1 aromatic rings. The van der Waals surface area contributed by atoms with E-state index < -0.39 is 16.9 Å². The Morgan fingerprint density at radius 1 is 1.47 bits per heavy atom. The van der Waals surface area contributed by atoms with Crippen LogP contribution < -0.4 is 15.8 Å². The highest BCUT2D eigenvalue weighted by Crippen LogP contribution is 2.29. The van der Waals surface area contributed by atoms with Crippen LogP contribution in [0.5, 0.6) is 5.75 Å².